The zero-order valence-electron chi connectivity index (χ0n) is 18.4. The third kappa shape index (κ3) is 9.31. The molecule has 2 atom stereocenters. The summed E-state index contributed by atoms with van der Waals surface area (Å²) >= 11 is 0. The molecule has 1 aromatic carbocycles. The normalized spacial score (nSPS) is 13.7. The highest BCUT2D eigenvalue weighted by atomic mass is 16.6. The molecule has 0 radical (unpaired) electrons. The first-order valence-corrected chi connectivity index (χ1v) is 10.1. The van der Waals surface area contributed by atoms with E-state index in [-0.39, 0.29) is 37.9 Å². The molecular formula is C21H31N3O8. The fraction of sp³-hybridized carbons (Fsp3) is 0.524. The lowest BCUT2D eigenvalue weighted by Crippen LogP contribution is -2.57. The number of nitrogens with zero attached hydrogens (tertiary/aromatic N) is 1. The molecule has 178 valence electrons. The highest BCUT2D eigenvalue weighted by Gasteiger charge is 2.41. The Morgan fingerprint density at radius 2 is 1.75 bits per heavy atom. The van der Waals surface area contributed by atoms with Crippen LogP contribution in [-0.4, -0.2) is 82.2 Å². The number of ether oxygens (including phenoxy) is 1. The predicted octanol–water partition coefficient (Wildman–Crippen LogP) is 0.276. The van der Waals surface area contributed by atoms with Crippen LogP contribution in [0, 0.1) is 5.92 Å². The van der Waals surface area contributed by atoms with E-state index < -0.39 is 36.3 Å². The fourth-order valence-electron chi connectivity index (χ4n) is 2.83. The van der Waals surface area contributed by atoms with Gasteiger partial charge in [-0.25, -0.2) is 14.4 Å². The minimum Gasteiger partial charge on any atom is -0.480 e. The molecule has 0 aliphatic carbocycles. The zero-order chi connectivity index (χ0) is 24.3. The molecule has 11 heteroatoms. The minimum absolute atomic E-state index is 0.0217. The molecular weight excluding hydrogens is 422 g/mol. The molecule has 32 heavy (non-hydrogen) atoms. The summed E-state index contributed by atoms with van der Waals surface area (Å²) in [4.78, 5) is 48.1. The number of aliphatic carboxylic acids is 2. The van der Waals surface area contributed by atoms with Crippen LogP contribution in [0.5, 0.6) is 0 Å². The highest BCUT2D eigenvalue weighted by molar-refractivity contribution is 5.83. The molecule has 3 amide bonds. The highest BCUT2D eigenvalue weighted by Crippen LogP contribution is 2.13. The molecule has 5 N–H and O–H groups in total. The average Bonchev–Trinajstić information content (AvgIpc) is 2.70. The second kappa shape index (κ2) is 12.6. The van der Waals surface area contributed by atoms with Gasteiger partial charge in [0.1, 0.15) is 6.04 Å². The molecule has 0 saturated carbocycles. The first-order chi connectivity index (χ1) is 14.9. The second-order valence-corrected chi connectivity index (χ2v) is 7.73. The second-order valence-electron chi connectivity index (χ2n) is 7.73. The van der Waals surface area contributed by atoms with Crippen molar-refractivity contribution >= 4 is 23.9 Å². The van der Waals surface area contributed by atoms with Gasteiger partial charge < -0.3 is 35.6 Å². The van der Waals surface area contributed by atoms with Gasteiger partial charge in [-0.05, 0) is 11.5 Å². The summed E-state index contributed by atoms with van der Waals surface area (Å²) in [5.41, 5.74) is 0.693. The third-order valence-corrected chi connectivity index (χ3v) is 4.31. The molecule has 11 nitrogen and oxygen atoms in total. The Morgan fingerprint density at radius 3 is 2.25 bits per heavy atom. The summed E-state index contributed by atoms with van der Waals surface area (Å²) in [5, 5.41) is 34.3. The van der Waals surface area contributed by atoms with E-state index in [9.17, 15) is 34.5 Å². The Hall–Kier alpha value is -3.18. The van der Waals surface area contributed by atoms with Crippen LogP contribution in [0.25, 0.3) is 0 Å². The van der Waals surface area contributed by atoms with Crippen molar-refractivity contribution in [1.82, 2.24) is 15.5 Å². The summed E-state index contributed by atoms with van der Waals surface area (Å²) in [6.45, 7) is 3.75. The van der Waals surface area contributed by atoms with Crippen LogP contribution in [0.2, 0.25) is 0 Å². The van der Waals surface area contributed by atoms with Gasteiger partial charge in [-0.2, -0.15) is 0 Å². The van der Waals surface area contributed by atoms with Gasteiger partial charge in [-0.1, -0.05) is 44.2 Å². The van der Waals surface area contributed by atoms with Crippen LogP contribution < -0.4 is 10.6 Å². The Morgan fingerprint density at radius 1 is 1.12 bits per heavy atom. The van der Waals surface area contributed by atoms with Gasteiger partial charge in [0, 0.05) is 26.4 Å². The lowest BCUT2D eigenvalue weighted by molar-refractivity contribution is -0.226. The number of aliphatic hydroxyl groups is 1. The Labute approximate surface area is 186 Å². The Kier molecular flexibility index (Phi) is 10.6. The molecule has 0 aliphatic rings. The Bertz CT molecular complexity index is 787. The van der Waals surface area contributed by atoms with E-state index in [1.807, 2.05) is 0 Å². The summed E-state index contributed by atoms with van der Waals surface area (Å²) in [6.07, 6.45) is 0.0217. The van der Waals surface area contributed by atoms with Crippen LogP contribution in [0.3, 0.4) is 0 Å². The number of urea groups is 1. The summed E-state index contributed by atoms with van der Waals surface area (Å²) in [5.74, 6) is -6.20. The van der Waals surface area contributed by atoms with E-state index in [4.69, 9.17) is 4.74 Å². The van der Waals surface area contributed by atoms with E-state index in [0.717, 1.165) is 4.90 Å². The summed E-state index contributed by atoms with van der Waals surface area (Å²) < 4.78 is 5.06. The van der Waals surface area contributed by atoms with Gasteiger partial charge in [0.25, 0.3) is 5.79 Å². The maximum Gasteiger partial charge on any atom is 0.366 e. The number of carbonyl (C=O) groups is 4. The molecule has 0 aliphatic heterocycles. The van der Waals surface area contributed by atoms with Crippen LogP contribution in [0.1, 0.15) is 26.3 Å². The van der Waals surface area contributed by atoms with Gasteiger partial charge in [0.15, 0.2) is 0 Å². The van der Waals surface area contributed by atoms with Gasteiger partial charge in [0.05, 0.1) is 13.2 Å². The molecule has 1 unspecified atom stereocenters. The lowest BCUT2D eigenvalue weighted by atomic mass is 10.1. The number of benzene rings is 1. The van der Waals surface area contributed by atoms with Crippen LogP contribution in [-0.2, 0) is 25.5 Å². The standard InChI is InChI=1S/C21H31N3O8/c1-14(2)12-24(13-21(31,19(28)29)32-10-9-22-15(3)25)20(30)23-17(18(26)27)11-16-7-5-4-6-8-16/h4-8,14,17,31H,9-13H2,1-3H3,(H,22,25)(H,23,30)(H,26,27)(H,28,29)/t17-,21?/m0/s1. The maximum absolute atomic E-state index is 12.8. The van der Waals surface area contributed by atoms with Crippen molar-refractivity contribution in [2.75, 3.05) is 26.2 Å². The lowest BCUT2D eigenvalue weighted by Gasteiger charge is -2.33. The van der Waals surface area contributed by atoms with Gasteiger partial charge >= 0.3 is 18.0 Å². The SMILES string of the molecule is CC(=O)NCCOC(O)(CN(CC(C)C)C(=O)N[C@@H](Cc1ccccc1)C(=O)O)C(=O)O. The number of carbonyl (C=O) groups excluding carboxylic acids is 2. The van der Waals surface area contributed by atoms with Gasteiger partial charge in [0.2, 0.25) is 5.91 Å². The number of rotatable bonds is 13. The van der Waals surface area contributed by atoms with Crippen LogP contribution in [0.15, 0.2) is 30.3 Å². The first kappa shape index (κ1) is 26.9. The monoisotopic (exact) mass is 453 g/mol. The number of hydrogen-bond acceptors (Lipinski definition) is 6. The largest absolute Gasteiger partial charge is 0.480 e. The van der Waals surface area contributed by atoms with Crippen molar-refractivity contribution in [3.8, 4) is 0 Å². The van der Waals surface area contributed by atoms with Crippen LogP contribution in [0.4, 0.5) is 4.79 Å². The molecule has 1 rings (SSSR count). The quantitative estimate of drug-likeness (QED) is 0.210. The van der Waals surface area contributed by atoms with E-state index >= 15 is 0 Å². The molecule has 0 aromatic heterocycles. The fourth-order valence-corrected chi connectivity index (χ4v) is 2.83. The molecule has 0 heterocycles. The molecule has 0 spiro atoms. The van der Waals surface area contributed by atoms with Crippen LogP contribution >= 0.6 is 0 Å². The van der Waals surface area contributed by atoms with Crippen molar-refractivity contribution in [2.24, 2.45) is 5.92 Å². The third-order valence-electron chi connectivity index (χ3n) is 4.31. The summed E-state index contributed by atoms with van der Waals surface area (Å²) in [7, 11) is 0. The number of amides is 3. The maximum atomic E-state index is 12.8. The molecule has 0 fully saturated rings. The molecule has 0 saturated heterocycles. The number of nitrogens with one attached hydrogen (secondary N) is 2. The van der Waals surface area contributed by atoms with Crippen molar-refractivity contribution in [3.63, 3.8) is 0 Å². The predicted molar refractivity (Wildman–Crippen MR) is 114 cm³/mol. The van der Waals surface area contributed by atoms with E-state index in [1.165, 1.54) is 6.92 Å². The van der Waals surface area contributed by atoms with Gasteiger partial charge in [-0.3, -0.25) is 4.79 Å². The molecule has 1 aromatic rings. The van der Waals surface area contributed by atoms with E-state index in [1.54, 1.807) is 44.2 Å². The van der Waals surface area contributed by atoms with Crippen molar-refractivity contribution in [1.29, 1.82) is 0 Å². The smallest absolute Gasteiger partial charge is 0.366 e. The van der Waals surface area contributed by atoms with E-state index in [0.29, 0.717) is 5.56 Å². The van der Waals surface area contributed by atoms with E-state index in [2.05, 4.69) is 10.6 Å². The molecule has 0 bridgehead atoms. The van der Waals surface area contributed by atoms with Crippen molar-refractivity contribution < 1.29 is 39.2 Å². The Balaban J connectivity index is 2.94. The zero-order valence-corrected chi connectivity index (χ0v) is 18.4. The topological polar surface area (TPSA) is 165 Å². The number of carboxylic acids is 2. The first-order valence-electron chi connectivity index (χ1n) is 10.1. The average molecular weight is 453 g/mol. The van der Waals surface area contributed by atoms with Crippen molar-refractivity contribution in [3.05, 3.63) is 35.9 Å². The minimum atomic E-state index is -2.75. The summed E-state index contributed by atoms with van der Waals surface area (Å²) in [6, 6.07) is 6.59. The number of carboxylic acid groups (broad SMARTS) is 2. The van der Waals surface area contributed by atoms with Crippen molar-refractivity contribution in [2.45, 2.75) is 39.0 Å². The van der Waals surface area contributed by atoms with Gasteiger partial charge in [-0.15, -0.1) is 0 Å². The number of hydrogen-bond donors (Lipinski definition) is 5.